The summed E-state index contributed by atoms with van der Waals surface area (Å²) in [5.41, 5.74) is 0. The Morgan fingerprint density at radius 2 is 2.09 bits per heavy atom. The highest BCUT2D eigenvalue weighted by Gasteiger charge is 1.97. The molecule has 0 aromatic heterocycles. The van der Waals surface area contributed by atoms with Gasteiger partial charge in [-0.1, -0.05) is 15.9 Å². The molecular formula is C5H12BrNO3S. The van der Waals surface area contributed by atoms with Crippen LogP contribution in [0.4, 0.5) is 0 Å². The summed E-state index contributed by atoms with van der Waals surface area (Å²) >= 11 is 3.18. The fourth-order valence-corrected chi connectivity index (χ4v) is 1.14. The minimum atomic E-state index is -3.05. The van der Waals surface area contributed by atoms with E-state index in [2.05, 4.69) is 20.7 Å². The molecule has 0 amide bonds. The quantitative estimate of drug-likeness (QED) is 0.528. The molecule has 6 heteroatoms. The Bertz CT molecular complexity index is 180. The van der Waals surface area contributed by atoms with Crippen LogP contribution in [0.25, 0.3) is 0 Å². The lowest BCUT2D eigenvalue weighted by Crippen LogP contribution is -2.26. The predicted octanol–water partition coefficient (Wildman–Crippen LogP) is -0.0529. The van der Waals surface area contributed by atoms with Crippen LogP contribution in [0.2, 0.25) is 0 Å². The highest BCUT2D eigenvalue weighted by Crippen LogP contribution is 1.81. The maximum atomic E-state index is 10.5. The first-order chi connectivity index (χ1) is 5.06. The van der Waals surface area contributed by atoms with Crippen molar-refractivity contribution in [1.29, 1.82) is 0 Å². The van der Waals surface area contributed by atoms with Gasteiger partial charge in [-0.15, -0.1) is 0 Å². The summed E-state index contributed by atoms with van der Waals surface area (Å²) in [6.45, 7) is 1.36. The molecule has 0 aromatic carbocycles. The van der Waals surface area contributed by atoms with E-state index in [9.17, 15) is 8.42 Å². The second-order valence-electron chi connectivity index (χ2n) is 1.97. The van der Waals surface area contributed by atoms with Gasteiger partial charge in [0.25, 0.3) is 0 Å². The fourth-order valence-electron chi connectivity index (χ4n) is 0.456. The van der Waals surface area contributed by atoms with Gasteiger partial charge in [0, 0.05) is 11.9 Å². The molecule has 0 aliphatic heterocycles. The standard InChI is InChI=1S/C5H12BrNO3S/c1-11(8,9)7-3-5-10-4-2-6/h7H,2-5H2,1H3. The van der Waals surface area contributed by atoms with Crippen LogP contribution in [0.15, 0.2) is 0 Å². The van der Waals surface area contributed by atoms with Gasteiger partial charge < -0.3 is 4.74 Å². The Labute approximate surface area is 75.5 Å². The van der Waals surface area contributed by atoms with E-state index in [0.29, 0.717) is 19.8 Å². The van der Waals surface area contributed by atoms with Crippen molar-refractivity contribution < 1.29 is 13.2 Å². The lowest BCUT2D eigenvalue weighted by atomic mass is 10.7. The Morgan fingerprint density at radius 3 is 2.55 bits per heavy atom. The number of nitrogens with one attached hydrogen (secondary N) is 1. The molecule has 0 saturated heterocycles. The van der Waals surface area contributed by atoms with Crippen molar-refractivity contribution in [2.45, 2.75) is 0 Å². The predicted molar refractivity (Wildman–Crippen MR) is 47.5 cm³/mol. The molecule has 0 atom stereocenters. The summed E-state index contributed by atoms with van der Waals surface area (Å²) in [5, 5.41) is 0.770. The SMILES string of the molecule is CS(=O)(=O)NCCOCCBr. The zero-order valence-corrected chi connectivity index (χ0v) is 8.74. The van der Waals surface area contributed by atoms with E-state index in [0.717, 1.165) is 11.6 Å². The van der Waals surface area contributed by atoms with Crippen molar-refractivity contribution in [1.82, 2.24) is 4.72 Å². The summed E-state index contributed by atoms with van der Waals surface area (Å²) < 4.78 is 28.3. The summed E-state index contributed by atoms with van der Waals surface area (Å²) in [5.74, 6) is 0. The van der Waals surface area contributed by atoms with Crippen LogP contribution in [-0.2, 0) is 14.8 Å². The van der Waals surface area contributed by atoms with Crippen LogP contribution < -0.4 is 4.72 Å². The number of rotatable bonds is 6. The molecule has 4 nitrogen and oxygen atoms in total. The van der Waals surface area contributed by atoms with Gasteiger partial charge >= 0.3 is 0 Å². The van der Waals surface area contributed by atoms with Gasteiger partial charge in [-0.25, -0.2) is 13.1 Å². The molecule has 0 aliphatic rings. The van der Waals surface area contributed by atoms with Crippen LogP contribution in [0.5, 0.6) is 0 Å². The Hall–Kier alpha value is 0.350. The lowest BCUT2D eigenvalue weighted by molar-refractivity contribution is 0.156. The molecule has 11 heavy (non-hydrogen) atoms. The highest BCUT2D eigenvalue weighted by atomic mass is 79.9. The van der Waals surface area contributed by atoms with Crippen molar-refractivity contribution in [3.63, 3.8) is 0 Å². The number of alkyl halides is 1. The molecule has 0 radical (unpaired) electrons. The van der Waals surface area contributed by atoms with E-state index in [4.69, 9.17) is 4.74 Å². The number of hydrogen-bond donors (Lipinski definition) is 1. The van der Waals surface area contributed by atoms with Crippen LogP contribution >= 0.6 is 15.9 Å². The number of ether oxygens (including phenoxy) is 1. The molecule has 0 unspecified atom stereocenters. The summed E-state index contributed by atoms with van der Waals surface area (Å²) in [4.78, 5) is 0. The summed E-state index contributed by atoms with van der Waals surface area (Å²) in [6, 6.07) is 0. The van der Waals surface area contributed by atoms with Crippen LogP contribution in [-0.4, -0.2) is 39.8 Å². The molecule has 0 heterocycles. The van der Waals surface area contributed by atoms with Gasteiger partial charge in [-0.05, 0) is 0 Å². The number of hydrogen-bond acceptors (Lipinski definition) is 3. The van der Waals surface area contributed by atoms with Crippen molar-refractivity contribution in [2.24, 2.45) is 0 Å². The molecule has 0 bridgehead atoms. The van der Waals surface area contributed by atoms with Gasteiger partial charge in [0.05, 0.1) is 19.5 Å². The first kappa shape index (κ1) is 11.4. The van der Waals surface area contributed by atoms with Crippen LogP contribution in [0, 0.1) is 0 Å². The van der Waals surface area contributed by atoms with Gasteiger partial charge in [-0.3, -0.25) is 0 Å². The fraction of sp³-hybridized carbons (Fsp3) is 1.00. The largest absolute Gasteiger partial charge is 0.379 e. The lowest BCUT2D eigenvalue weighted by Gasteiger charge is -2.01. The molecule has 0 aromatic rings. The minimum Gasteiger partial charge on any atom is -0.379 e. The van der Waals surface area contributed by atoms with Gasteiger partial charge in [0.15, 0.2) is 0 Å². The zero-order valence-electron chi connectivity index (χ0n) is 6.34. The molecular weight excluding hydrogens is 234 g/mol. The number of sulfonamides is 1. The topological polar surface area (TPSA) is 55.4 Å². The highest BCUT2D eigenvalue weighted by molar-refractivity contribution is 9.09. The Kier molecular flexibility index (Phi) is 6.12. The Morgan fingerprint density at radius 1 is 1.45 bits per heavy atom. The third-order valence-electron chi connectivity index (χ3n) is 0.832. The second kappa shape index (κ2) is 5.93. The van der Waals surface area contributed by atoms with Gasteiger partial charge in [0.1, 0.15) is 0 Å². The third-order valence-corrected chi connectivity index (χ3v) is 1.88. The average molecular weight is 246 g/mol. The minimum absolute atomic E-state index is 0.339. The van der Waals surface area contributed by atoms with Crippen LogP contribution in [0.1, 0.15) is 0 Å². The summed E-state index contributed by atoms with van der Waals surface area (Å²) in [6.07, 6.45) is 1.12. The monoisotopic (exact) mass is 245 g/mol. The van der Waals surface area contributed by atoms with Crippen molar-refractivity contribution >= 4 is 26.0 Å². The van der Waals surface area contributed by atoms with E-state index in [1.54, 1.807) is 0 Å². The van der Waals surface area contributed by atoms with E-state index >= 15 is 0 Å². The number of halogens is 1. The summed E-state index contributed by atoms with van der Waals surface area (Å²) in [7, 11) is -3.05. The molecule has 0 rings (SSSR count). The van der Waals surface area contributed by atoms with Crippen molar-refractivity contribution in [3.05, 3.63) is 0 Å². The van der Waals surface area contributed by atoms with E-state index in [1.807, 2.05) is 0 Å². The molecule has 0 aliphatic carbocycles. The van der Waals surface area contributed by atoms with Crippen molar-refractivity contribution in [3.8, 4) is 0 Å². The van der Waals surface area contributed by atoms with Crippen molar-refractivity contribution in [2.75, 3.05) is 31.3 Å². The van der Waals surface area contributed by atoms with E-state index in [-0.39, 0.29) is 0 Å². The molecule has 68 valence electrons. The first-order valence-corrected chi connectivity index (χ1v) is 6.16. The normalized spacial score (nSPS) is 11.8. The Balaban J connectivity index is 3.16. The average Bonchev–Trinajstić information content (AvgIpc) is 1.85. The third kappa shape index (κ3) is 10.4. The van der Waals surface area contributed by atoms with Gasteiger partial charge in [0.2, 0.25) is 10.0 Å². The first-order valence-electron chi connectivity index (χ1n) is 3.14. The molecule has 1 N–H and O–H groups in total. The molecule has 0 saturated carbocycles. The maximum Gasteiger partial charge on any atom is 0.208 e. The zero-order chi connectivity index (χ0) is 8.74. The second-order valence-corrected chi connectivity index (χ2v) is 4.59. The maximum absolute atomic E-state index is 10.5. The van der Waals surface area contributed by atoms with E-state index in [1.165, 1.54) is 0 Å². The van der Waals surface area contributed by atoms with E-state index < -0.39 is 10.0 Å². The molecule has 0 spiro atoms. The van der Waals surface area contributed by atoms with Gasteiger partial charge in [-0.2, -0.15) is 0 Å². The molecule has 0 fully saturated rings. The smallest absolute Gasteiger partial charge is 0.208 e. The van der Waals surface area contributed by atoms with Crippen LogP contribution in [0.3, 0.4) is 0 Å².